The van der Waals surface area contributed by atoms with E-state index in [2.05, 4.69) is 5.32 Å². The third-order valence-corrected chi connectivity index (χ3v) is 4.50. The number of ether oxygens (including phenoxy) is 1. The number of rotatable bonds is 4. The van der Waals surface area contributed by atoms with E-state index in [1.165, 1.54) is 0 Å². The topological polar surface area (TPSA) is 78.9 Å². The lowest BCUT2D eigenvalue weighted by molar-refractivity contribution is -0.153. The minimum Gasteiger partial charge on any atom is -0.481 e. The fourth-order valence-electron chi connectivity index (χ4n) is 2.82. The van der Waals surface area contributed by atoms with Crippen molar-refractivity contribution < 1.29 is 19.4 Å². The number of carbonyl (C=O) groups excluding carboxylic acids is 1. The fourth-order valence-corrected chi connectivity index (χ4v) is 2.82. The largest absolute Gasteiger partial charge is 0.481 e. The third kappa shape index (κ3) is 2.68. The average Bonchev–Trinajstić information content (AvgIpc) is 2.72. The van der Waals surface area contributed by atoms with E-state index in [1.807, 2.05) is 6.92 Å². The summed E-state index contributed by atoms with van der Waals surface area (Å²) >= 11 is 0. The van der Waals surface area contributed by atoms with Gasteiger partial charge in [-0.15, -0.1) is 0 Å². The molecule has 108 valence electrons. The van der Waals surface area contributed by atoms with Gasteiger partial charge in [0.1, 0.15) is 0 Å². The van der Waals surface area contributed by atoms with Crippen LogP contribution >= 0.6 is 0 Å². The number of carboxylic acid groups (broad SMARTS) is 1. The zero-order valence-electron chi connectivity index (χ0n) is 11.5. The van der Waals surface area contributed by atoms with Gasteiger partial charge < -0.3 is 20.1 Å². The second kappa shape index (κ2) is 5.36. The number of urea groups is 1. The molecule has 6 heteroatoms. The predicted molar refractivity (Wildman–Crippen MR) is 68.9 cm³/mol. The third-order valence-electron chi connectivity index (χ3n) is 4.50. The molecule has 2 aliphatic rings. The summed E-state index contributed by atoms with van der Waals surface area (Å²) in [5.74, 6) is -0.806. The number of hydrogen-bond acceptors (Lipinski definition) is 3. The van der Waals surface area contributed by atoms with Crippen molar-refractivity contribution in [3.8, 4) is 0 Å². The molecule has 0 aromatic carbocycles. The van der Waals surface area contributed by atoms with Gasteiger partial charge >= 0.3 is 12.0 Å². The molecule has 0 radical (unpaired) electrons. The zero-order chi connectivity index (χ0) is 14.0. The van der Waals surface area contributed by atoms with E-state index in [0.29, 0.717) is 19.4 Å². The average molecular weight is 270 g/mol. The first kappa shape index (κ1) is 14.1. The molecule has 2 amide bonds. The standard InChI is InChI=1S/C13H22N2O4/c1-9-10(4-7-19-9)15(2)12(18)14-8-13(11(16)17)5-3-6-13/h9-10H,3-8H2,1-2H3,(H,14,18)(H,16,17). The predicted octanol–water partition coefficient (Wildman–Crippen LogP) is 1.06. The van der Waals surface area contributed by atoms with Crippen molar-refractivity contribution in [3.05, 3.63) is 0 Å². The summed E-state index contributed by atoms with van der Waals surface area (Å²) in [6.45, 7) is 2.84. The Morgan fingerprint density at radius 2 is 2.16 bits per heavy atom. The maximum Gasteiger partial charge on any atom is 0.317 e. The van der Waals surface area contributed by atoms with Crippen molar-refractivity contribution in [2.45, 2.75) is 44.8 Å². The Balaban J connectivity index is 1.85. The molecule has 19 heavy (non-hydrogen) atoms. The fraction of sp³-hybridized carbons (Fsp3) is 0.846. The molecule has 1 aliphatic carbocycles. The Kier molecular flexibility index (Phi) is 3.99. The summed E-state index contributed by atoms with van der Waals surface area (Å²) in [5, 5.41) is 12.0. The lowest BCUT2D eigenvalue weighted by Crippen LogP contribution is -2.52. The van der Waals surface area contributed by atoms with Crippen molar-refractivity contribution in [1.82, 2.24) is 10.2 Å². The number of carbonyl (C=O) groups is 2. The number of likely N-dealkylation sites (N-methyl/N-ethyl adjacent to an activating group) is 1. The maximum atomic E-state index is 12.1. The highest BCUT2D eigenvalue weighted by Crippen LogP contribution is 2.40. The Morgan fingerprint density at radius 1 is 1.47 bits per heavy atom. The first-order valence-corrected chi connectivity index (χ1v) is 6.82. The summed E-state index contributed by atoms with van der Waals surface area (Å²) < 4.78 is 5.44. The number of nitrogens with one attached hydrogen (secondary N) is 1. The van der Waals surface area contributed by atoms with E-state index in [9.17, 15) is 14.7 Å². The molecule has 1 heterocycles. The highest BCUT2D eigenvalue weighted by atomic mass is 16.5. The minimum atomic E-state index is -0.806. The van der Waals surface area contributed by atoms with E-state index in [4.69, 9.17) is 4.74 Å². The molecule has 0 aromatic heterocycles. The molecule has 1 saturated heterocycles. The van der Waals surface area contributed by atoms with Crippen molar-refractivity contribution in [3.63, 3.8) is 0 Å². The zero-order valence-corrected chi connectivity index (χ0v) is 11.5. The van der Waals surface area contributed by atoms with Crippen molar-refractivity contribution in [1.29, 1.82) is 0 Å². The van der Waals surface area contributed by atoms with Gasteiger partial charge in [0.25, 0.3) is 0 Å². The lowest BCUT2D eigenvalue weighted by Gasteiger charge is -2.38. The first-order valence-electron chi connectivity index (χ1n) is 6.82. The Bertz CT molecular complexity index is 368. The van der Waals surface area contributed by atoms with Crippen molar-refractivity contribution in [2.24, 2.45) is 5.41 Å². The van der Waals surface area contributed by atoms with Crippen LogP contribution in [-0.2, 0) is 9.53 Å². The molecule has 1 saturated carbocycles. The van der Waals surface area contributed by atoms with Crippen LogP contribution in [0, 0.1) is 5.41 Å². The second-order valence-electron chi connectivity index (χ2n) is 5.64. The van der Waals surface area contributed by atoms with Gasteiger partial charge in [-0.25, -0.2) is 4.79 Å². The van der Waals surface area contributed by atoms with Gasteiger partial charge in [0.15, 0.2) is 0 Å². The number of aliphatic carboxylic acids is 1. The van der Waals surface area contributed by atoms with E-state index >= 15 is 0 Å². The molecule has 2 atom stereocenters. The highest BCUT2D eigenvalue weighted by Gasteiger charge is 2.44. The quantitative estimate of drug-likeness (QED) is 0.800. The molecule has 6 nitrogen and oxygen atoms in total. The van der Waals surface area contributed by atoms with E-state index < -0.39 is 11.4 Å². The number of amides is 2. The van der Waals surface area contributed by atoms with Crippen LogP contribution in [0.4, 0.5) is 4.79 Å². The molecular formula is C13H22N2O4. The molecule has 0 bridgehead atoms. The molecule has 0 aromatic rings. The van der Waals surface area contributed by atoms with Crippen LogP contribution in [0.3, 0.4) is 0 Å². The van der Waals surface area contributed by atoms with Crippen LogP contribution in [0.25, 0.3) is 0 Å². The summed E-state index contributed by atoms with van der Waals surface area (Å²) in [6.07, 6.45) is 3.08. The number of nitrogens with zero attached hydrogens (tertiary/aromatic N) is 1. The second-order valence-corrected chi connectivity index (χ2v) is 5.64. The summed E-state index contributed by atoms with van der Waals surface area (Å²) in [4.78, 5) is 24.9. The summed E-state index contributed by atoms with van der Waals surface area (Å²) in [5.41, 5.74) is -0.742. The Labute approximate surface area is 113 Å². The smallest absolute Gasteiger partial charge is 0.317 e. The van der Waals surface area contributed by atoms with Gasteiger partial charge in [0, 0.05) is 20.2 Å². The normalized spacial score (nSPS) is 28.5. The van der Waals surface area contributed by atoms with Gasteiger partial charge in [-0.05, 0) is 26.2 Å². The van der Waals surface area contributed by atoms with Crippen LogP contribution in [-0.4, -0.2) is 54.4 Å². The van der Waals surface area contributed by atoms with E-state index in [0.717, 1.165) is 12.8 Å². The van der Waals surface area contributed by atoms with Gasteiger partial charge in [-0.2, -0.15) is 0 Å². The van der Waals surface area contributed by atoms with Gasteiger partial charge in [0.2, 0.25) is 0 Å². The van der Waals surface area contributed by atoms with E-state index in [1.54, 1.807) is 11.9 Å². The Hall–Kier alpha value is -1.30. The summed E-state index contributed by atoms with van der Waals surface area (Å²) in [6, 6.07) is -0.142. The number of hydrogen-bond donors (Lipinski definition) is 2. The highest BCUT2D eigenvalue weighted by molar-refractivity contribution is 5.79. The molecule has 2 fully saturated rings. The molecular weight excluding hydrogens is 248 g/mol. The van der Waals surface area contributed by atoms with Crippen LogP contribution in [0.15, 0.2) is 0 Å². The number of carboxylic acids is 1. The van der Waals surface area contributed by atoms with Crippen molar-refractivity contribution in [2.75, 3.05) is 20.2 Å². The minimum absolute atomic E-state index is 0.0351. The molecule has 2 unspecified atom stereocenters. The molecule has 2 rings (SSSR count). The molecule has 1 aliphatic heterocycles. The van der Waals surface area contributed by atoms with E-state index in [-0.39, 0.29) is 24.7 Å². The molecule has 0 spiro atoms. The first-order chi connectivity index (χ1) is 8.96. The lowest BCUT2D eigenvalue weighted by atomic mass is 9.69. The van der Waals surface area contributed by atoms with Gasteiger partial charge in [0.05, 0.1) is 17.6 Å². The molecule has 2 N–H and O–H groups in total. The van der Waals surface area contributed by atoms with Crippen LogP contribution in [0.2, 0.25) is 0 Å². The summed E-state index contributed by atoms with van der Waals surface area (Å²) in [7, 11) is 1.74. The van der Waals surface area contributed by atoms with Crippen LogP contribution < -0.4 is 5.32 Å². The van der Waals surface area contributed by atoms with Crippen LogP contribution in [0.5, 0.6) is 0 Å². The SMILES string of the molecule is CC1OCCC1N(C)C(=O)NCC1(C(=O)O)CCC1. The Morgan fingerprint density at radius 3 is 2.58 bits per heavy atom. The van der Waals surface area contributed by atoms with Crippen LogP contribution in [0.1, 0.15) is 32.6 Å². The van der Waals surface area contributed by atoms with Crippen molar-refractivity contribution >= 4 is 12.0 Å². The maximum absolute atomic E-state index is 12.1. The van der Waals surface area contributed by atoms with Gasteiger partial charge in [-0.3, -0.25) is 4.79 Å². The monoisotopic (exact) mass is 270 g/mol. The van der Waals surface area contributed by atoms with Gasteiger partial charge in [-0.1, -0.05) is 6.42 Å².